The molecule has 0 bridgehead atoms. The molecule has 1 N–H and O–H groups in total. The van der Waals surface area contributed by atoms with Gasteiger partial charge in [0.15, 0.2) is 0 Å². The Morgan fingerprint density at radius 3 is 2.39 bits per heavy atom. The summed E-state index contributed by atoms with van der Waals surface area (Å²) in [5, 5.41) is 8.90. The first-order chi connectivity index (χ1) is 8.32. The maximum absolute atomic E-state index is 11.5. The van der Waals surface area contributed by atoms with Crippen LogP contribution in [0.2, 0.25) is 10.0 Å². The van der Waals surface area contributed by atoms with Crippen LogP contribution in [-0.4, -0.2) is 35.3 Å². The number of carbonyl (C=O) groups excluding carboxylic acids is 1. The number of carboxylic acid groups (broad SMARTS) is 1. The lowest BCUT2D eigenvalue weighted by atomic mass is 10.1. The zero-order chi connectivity index (χ0) is 13.9. The predicted molar refractivity (Wildman–Crippen MR) is 72.7 cm³/mol. The minimum Gasteiger partial charge on any atom is -0.481 e. The number of carboxylic acids is 1. The Bertz CT molecular complexity index is 491. The first kappa shape index (κ1) is 15.1. The van der Waals surface area contributed by atoms with Crippen LogP contribution in [-0.2, 0) is 11.2 Å². The van der Waals surface area contributed by atoms with E-state index in [2.05, 4.69) is 0 Å². The average molecular weight is 308 g/mol. The highest BCUT2D eigenvalue weighted by Gasteiger charge is 2.15. The number of hydrogen-bond acceptors (Lipinski definition) is 3. The van der Waals surface area contributed by atoms with Crippen LogP contribution in [0.3, 0.4) is 0 Å². The summed E-state index contributed by atoms with van der Waals surface area (Å²) in [4.78, 5) is 24.1. The van der Waals surface area contributed by atoms with E-state index in [1.807, 2.05) is 0 Å². The summed E-state index contributed by atoms with van der Waals surface area (Å²) in [6.07, 6.45) is -0.203. The number of thioether (sulfide) groups is 1. The fraction of sp³-hybridized carbons (Fsp3) is 0.273. The van der Waals surface area contributed by atoms with Gasteiger partial charge in [0.2, 0.25) is 0 Å². The Morgan fingerprint density at radius 1 is 1.28 bits per heavy atom. The molecule has 0 radical (unpaired) electrons. The van der Waals surface area contributed by atoms with Gasteiger partial charge in [-0.25, -0.2) is 0 Å². The van der Waals surface area contributed by atoms with Gasteiger partial charge in [0.1, 0.15) is 0 Å². The molecular formula is C11H11Cl2NO3S. The maximum Gasteiger partial charge on any atom is 0.307 e. The standard InChI is InChI=1S/C11H11Cl2NO3S/c1-14(2)11(17)18-7-4-3-6(5-8(15)16)9(12)10(7)13/h3-4H,5H2,1-2H3,(H,15,16). The molecular weight excluding hydrogens is 297 g/mol. The Labute approximate surface area is 119 Å². The molecule has 0 fully saturated rings. The first-order valence-corrected chi connectivity index (χ1v) is 6.48. The van der Waals surface area contributed by atoms with Gasteiger partial charge in [-0.15, -0.1) is 0 Å². The van der Waals surface area contributed by atoms with Gasteiger partial charge < -0.3 is 10.0 Å². The second kappa shape index (κ2) is 6.31. The number of nitrogens with zero attached hydrogens (tertiary/aromatic N) is 1. The lowest BCUT2D eigenvalue weighted by molar-refractivity contribution is -0.136. The van der Waals surface area contributed by atoms with Gasteiger partial charge in [-0.05, 0) is 23.4 Å². The molecule has 0 atom stereocenters. The highest BCUT2D eigenvalue weighted by Crippen LogP contribution is 2.36. The molecule has 18 heavy (non-hydrogen) atoms. The Morgan fingerprint density at radius 2 is 1.89 bits per heavy atom. The number of rotatable bonds is 3. The van der Waals surface area contributed by atoms with E-state index in [0.29, 0.717) is 10.5 Å². The SMILES string of the molecule is CN(C)C(=O)Sc1ccc(CC(=O)O)c(Cl)c1Cl. The number of benzene rings is 1. The molecule has 0 aromatic heterocycles. The van der Waals surface area contributed by atoms with Crippen molar-refractivity contribution >= 4 is 46.2 Å². The third-order valence-corrected chi connectivity index (χ3v) is 4.16. The topological polar surface area (TPSA) is 57.6 Å². The van der Waals surface area contributed by atoms with Crippen LogP contribution < -0.4 is 0 Å². The van der Waals surface area contributed by atoms with E-state index in [9.17, 15) is 9.59 Å². The van der Waals surface area contributed by atoms with E-state index in [0.717, 1.165) is 11.8 Å². The first-order valence-electron chi connectivity index (χ1n) is 4.90. The summed E-state index contributed by atoms with van der Waals surface area (Å²) in [5.41, 5.74) is 0.427. The number of aliphatic carboxylic acids is 1. The van der Waals surface area contributed by atoms with Crippen molar-refractivity contribution in [3.8, 4) is 0 Å². The molecule has 1 aromatic carbocycles. The van der Waals surface area contributed by atoms with Crippen molar-refractivity contribution in [3.63, 3.8) is 0 Å². The van der Waals surface area contributed by atoms with Gasteiger partial charge in [0.25, 0.3) is 5.24 Å². The van der Waals surface area contributed by atoms with Gasteiger partial charge in [-0.1, -0.05) is 29.3 Å². The van der Waals surface area contributed by atoms with E-state index in [-0.39, 0.29) is 21.7 Å². The van der Waals surface area contributed by atoms with E-state index in [1.54, 1.807) is 26.2 Å². The van der Waals surface area contributed by atoms with Crippen LogP contribution in [0.25, 0.3) is 0 Å². The lowest BCUT2D eigenvalue weighted by Crippen LogP contribution is -2.16. The third-order valence-electron chi connectivity index (χ3n) is 2.03. The molecule has 98 valence electrons. The summed E-state index contributed by atoms with van der Waals surface area (Å²) in [7, 11) is 3.26. The van der Waals surface area contributed by atoms with E-state index in [1.165, 1.54) is 4.90 Å². The molecule has 7 heteroatoms. The fourth-order valence-electron chi connectivity index (χ4n) is 1.14. The van der Waals surface area contributed by atoms with Gasteiger partial charge in [0.05, 0.1) is 16.5 Å². The molecule has 4 nitrogen and oxygen atoms in total. The smallest absolute Gasteiger partial charge is 0.307 e. The van der Waals surface area contributed by atoms with Crippen LogP contribution in [0.5, 0.6) is 0 Å². The zero-order valence-electron chi connectivity index (χ0n) is 9.74. The summed E-state index contributed by atoms with van der Waals surface area (Å²) in [6, 6.07) is 3.16. The molecule has 0 aliphatic rings. The molecule has 0 aliphatic carbocycles. The zero-order valence-corrected chi connectivity index (χ0v) is 12.1. The molecule has 0 unspecified atom stereocenters. The fourth-order valence-corrected chi connectivity index (χ4v) is 2.42. The van der Waals surface area contributed by atoms with Crippen molar-refractivity contribution in [1.29, 1.82) is 0 Å². The largest absolute Gasteiger partial charge is 0.481 e. The Hall–Kier alpha value is -0.910. The van der Waals surface area contributed by atoms with Gasteiger partial charge in [-0.3, -0.25) is 9.59 Å². The number of halogens is 2. The van der Waals surface area contributed by atoms with E-state index in [4.69, 9.17) is 28.3 Å². The third kappa shape index (κ3) is 3.80. The second-order valence-corrected chi connectivity index (χ2v) is 5.43. The molecule has 0 saturated carbocycles. The minimum absolute atomic E-state index is 0.177. The van der Waals surface area contributed by atoms with Crippen molar-refractivity contribution < 1.29 is 14.7 Å². The van der Waals surface area contributed by atoms with Crippen LogP contribution >= 0.6 is 35.0 Å². The van der Waals surface area contributed by atoms with Crippen LogP contribution in [0.4, 0.5) is 4.79 Å². The number of amides is 1. The highest BCUT2D eigenvalue weighted by atomic mass is 35.5. The van der Waals surface area contributed by atoms with E-state index >= 15 is 0 Å². The van der Waals surface area contributed by atoms with Crippen molar-refractivity contribution in [2.24, 2.45) is 0 Å². The second-order valence-electron chi connectivity index (χ2n) is 3.68. The van der Waals surface area contributed by atoms with Crippen LogP contribution in [0, 0.1) is 0 Å². The van der Waals surface area contributed by atoms with Gasteiger partial charge >= 0.3 is 5.97 Å². The molecule has 0 heterocycles. The molecule has 0 spiro atoms. The van der Waals surface area contributed by atoms with Gasteiger partial charge in [0, 0.05) is 19.0 Å². The average Bonchev–Trinajstić information content (AvgIpc) is 2.28. The monoisotopic (exact) mass is 307 g/mol. The van der Waals surface area contributed by atoms with Gasteiger partial charge in [-0.2, -0.15) is 0 Å². The molecule has 1 aromatic rings. The minimum atomic E-state index is -0.988. The predicted octanol–water partition coefficient (Wildman–Crippen LogP) is 3.39. The molecule has 1 amide bonds. The van der Waals surface area contributed by atoms with Crippen molar-refractivity contribution in [3.05, 3.63) is 27.7 Å². The molecule has 0 aliphatic heterocycles. The van der Waals surface area contributed by atoms with E-state index < -0.39 is 5.97 Å². The van der Waals surface area contributed by atoms with Crippen molar-refractivity contribution in [1.82, 2.24) is 4.90 Å². The summed E-state index contributed by atoms with van der Waals surface area (Å²) >= 11 is 12.9. The summed E-state index contributed by atoms with van der Waals surface area (Å²) in [5.74, 6) is -0.988. The normalized spacial score (nSPS) is 10.2. The Kier molecular flexibility index (Phi) is 5.31. The van der Waals surface area contributed by atoms with Crippen LogP contribution in [0.15, 0.2) is 17.0 Å². The van der Waals surface area contributed by atoms with Crippen molar-refractivity contribution in [2.45, 2.75) is 11.3 Å². The molecule has 1 rings (SSSR count). The number of carbonyl (C=O) groups is 2. The Balaban J connectivity index is 3.01. The quantitative estimate of drug-likeness (QED) is 0.870. The number of hydrogen-bond donors (Lipinski definition) is 1. The van der Waals surface area contributed by atoms with Crippen molar-refractivity contribution in [2.75, 3.05) is 14.1 Å². The molecule has 0 saturated heterocycles. The summed E-state index contributed by atoms with van der Waals surface area (Å²) in [6.45, 7) is 0. The maximum atomic E-state index is 11.5. The summed E-state index contributed by atoms with van der Waals surface area (Å²) < 4.78 is 0. The highest BCUT2D eigenvalue weighted by molar-refractivity contribution is 8.13. The van der Waals surface area contributed by atoms with Crippen LogP contribution in [0.1, 0.15) is 5.56 Å². The lowest BCUT2D eigenvalue weighted by Gasteiger charge is -2.12.